The summed E-state index contributed by atoms with van der Waals surface area (Å²) in [6.45, 7) is 4.29. The van der Waals surface area contributed by atoms with Gasteiger partial charge >= 0.3 is 0 Å². The molecule has 0 fully saturated rings. The maximum Gasteiger partial charge on any atom is 0.137 e. The second kappa shape index (κ2) is 7.00. The zero-order valence-corrected chi connectivity index (χ0v) is 11.2. The molecule has 0 aliphatic carbocycles. The summed E-state index contributed by atoms with van der Waals surface area (Å²) in [5.41, 5.74) is 1.17. The monoisotopic (exact) mass is 261 g/mol. The van der Waals surface area contributed by atoms with Gasteiger partial charge in [0.15, 0.2) is 0 Å². The molecule has 0 spiro atoms. The summed E-state index contributed by atoms with van der Waals surface area (Å²) < 4.78 is 5.38. The van der Waals surface area contributed by atoms with Crippen LogP contribution in [-0.4, -0.2) is 31.0 Å². The fourth-order valence-electron chi connectivity index (χ4n) is 1.45. The van der Waals surface area contributed by atoms with Crippen molar-refractivity contribution in [3.63, 3.8) is 0 Å². The van der Waals surface area contributed by atoms with Gasteiger partial charge < -0.3 is 9.64 Å². The molecule has 0 atom stereocenters. The Hall–Kier alpha value is -0.440. The van der Waals surface area contributed by atoms with Gasteiger partial charge in [0.05, 0.1) is 11.6 Å². The fraction of sp³-hybridized carbons (Fsp3) is 0.500. The number of halogens is 2. The quantitative estimate of drug-likeness (QED) is 0.728. The van der Waals surface area contributed by atoms with Gasteiger partial charge in [0.1, 0.15) is 5.75 Å². The van der Waals surface area contributed by atoms with E-state index in [0.29, 0.717) is 17.5 Å². The average Bonchev–Trinajstić information content (AvgIpc) is 2.22. The molecule has 0 aliphatic rings. The van der Waals surface area contributed by atoms with Gasteiger partial charge in [-0.2, -0.15) is 0 Å². The van der Waals surface area contributed by atoms with E-state index in [2.05, 4.69) is 4.90 Å². The zero-order chi connectivity index (χ0) is 12.0. The molecule has 0 saturated carbocycles. The molecule has 4 heteroatoms. The van der Waals surface area contributed by atoms with E-state index in [9.17, 15) is 0 Å². The number of ether oxygens (including phenoxy) is 1. The van der Waals surface area contributed by atoms with Crippen LogP contribution in [0, 0.1) is 0 Å². The van der Waals surface area contributed by atoms with Crippen molar-refractivity contribution in [1.82, 2.24) is 4.90 Å². The molecular formula is C12H17Cl2NO. The minimum atomic E-state index is 0.630. The Morgan fingerprint density at radius 2 is 2.12 bits per heavy atom. The van der Waals surface area contributed by atoms with Gasteiger partial charge in [-0.05, 0) is 31.7 Å². The highest BCUT2D eigenvalue weighted by Crippen LogP contribution is 2.25. The van der Waals surface area contributed by atoms with E-state index >= 15 is 0 Å². The summed E-state index contributed by atoms with van der Waals surface area (Å²) in [5, 5.41) is 0.665. The first-order valence-electron chi connectivity index (χ1n) is 5.33. The molecule has 0 bridgehead atoms. The first-order valence-corrected chi connectivity index (χ1v) is 6.24. The van der Waals surface area contributed by atoms with Crippen LogP contribution in [0.1, 0.15) is 12.5 Å². The lowest BCUT2D eigenvalue weighted by Crippen LogP contribution is -2.19. The molecular weight excluding hydrogens is 245 g/mol. The average molecular weight is 262 g/mol. The highest BCUT2D eigenvalue weighted by Gasteiger charge is 2.04. The van der Waals surface area contributed by atoms with E-state index in [1.807, 2.05) is 32.2 Å². The molecule has 0 N–H and O–H groups in total. The summed E-state index contributed by atoms with van der Waals surface area (Å²) in [7, 11) is 2.03. The lowest BCUT2D eigenvalue weighted by Gasteiger charge is -2.15. The SMILES string of the molecule is CCOc1ccc(CN(C)CCCl)cc1Cl. The van der Waals surface area contributed by atoms with Crippen LogP contribution in [0.2, 0.25) is 5.02 Å². The third kappa shape index (κ3) is 4.20. The third-order valence-corrected chi connectivity index (χ3v) is 2.68. The highest BCUT2D eigenvalue weighted by molar-refractivity contribution is 6.32. The van der Waals surface area contributed by atoms with Crippen molar-refractivity contribution in [3.05, 3.63) is 28.8 Å². The fourth-order valence-corrected chi connectivity index (χ4v) is 2.00. The lowest BCUT2D eigenvalue weighted by atomic mass is 10.2. The molecule has 1 rings (SSSR count). The van der Waals surface area contributed by atoms with Crippen LogP contribution in [0.5, 0.6) is 5.75 Å². The molecule has 0 amide bonds. The number of nitrogens with zero attached hydrogens (tertiary/aromatic N) is 1. The predicted octanol–water partition coefficient (Wildman–Crippen LogP) is 3.41. The third-order valence-electron chi connectivity index (χ3n) is 2.21. The zero-order valence-electron chi connectivity index (χ0n) is 9.67. The molecule has 0 heterocycles. The van der Waals surface area contributed by atoms with Gasteiger partial charge in [-0.15, -0.1) is 11.6 Å². The summed E-state index contributed by atoms with van der Waals surface area (Å²) in [6, 6.07) is 5.88. The second-order valence-electron chi connectivity index (χ2n) is 3.62. The number of alkyl halides is 1. The largest absolute Gasteiger partial charge is 0.492 e. The van der Waals surface area contributed by atoms with Crippen molar-refractivity contribution in [2.24, 2.45) is 0 Å². The van der Waals surface area contributed by atoms with Crippen molar-refractivity contribution in [2.45, 2.75) is 13.5 Å². The van der Waals surface area contributed by atoms with Crippen LogP contribution in [0.15, 0.2) is 18.2 Å². The first kappa shape index (κ1) is 13.6. The van der Waals surface area contributed by atoms with E-state index in [1.165, 1.54) is 5.56 Å². The number of benzene rings is 1. The summed E-state index contributed by atoms with van der Waals surface area (Å²) in [6.07, 6.45) is 0. The summed E-state index contributed by atoms with van der Waals surface area (Å²) in [5.74, 6) is 1.38. The van der Waals surface area contributed by atoms with E-state index in [4.69, 9.17) is 27.9 Å². The molecule has 0 aromatic heterocycles. The Labute approximate surface area is 107 Å². The standard InChI is InChI=1S/C12H17Cl2NO/c1-3-16-12-5-4-10(8-11(12)14)9-15(2)7-6-13/h4-5,8H,3,6-7,9H2,1-2H3. The minimum absolute atomic E-state index is 0.630. The molecule has 0 radical (unpaired) electrons. The molecule has 1 aromatic carbocycles. The van der Waals surface area contributed by atoms with Crippen LogP contribution < -0.4 is 4.74 Å². The van der Waals surface area contributed by atoms with Crippen molar-refractivity contribution >= 4 is 23.2 Å². The Morgan fingerprint density at radius 3 is 2.69 bits per heavy atom. The molecule has 0 saturated heterocycles. The minimum Gasteiger partial charge on any atom is -0.492 e. The Morgan fingerprint density at radius 1 is 1.38 bits per heavy atom. The van der Waals surface area contributed by atoms with Gasteiger partial charge in [0.25, 0.3) is 0 Å². The number of hydrogen-bond donors (Lipinski definition) is 0. The molecule has 0 unspecified atom stereocenters. The van der Waals surface area contributed by atoms with Crippen LogP contribution in [-0.2, 0) is 6.54 Å². The predicted molar refractivity (Wildman–Crippen MR) is 69.7 cm³/mol. The normalized spacial score (nSPS) is 10.8. The van der Waals surface area contributed by atoms with Crippen LogP contribution in [0.25, 0.3) is 0 Å². The Kier molecular flexibility index (Phi) is 5.96. The summed E-state index contributed by atoms with van der Waals surface area (Å²) in [4.78, 5) is 2.15. The van der Waals surface area contributed by atoms with Crippen molar-refractivity contribution in [3.8, 4) is 5.75 Å². The van der Waals surface area contributed by atoms with Crippen molar-refractivity contribution in [2.75, 3.05) is 26.1 Å². The molecule has 0 aliphatic heterocycles. The second-order valence-corrected chi connectivity index (χ2v) is 4.41. The number of rotatable bonds is 6. The maximum absolute atomic E-state index is 6.10. The van der Waals surface area contributed by atoms with Gasteiger partial charge in [0.2, 0.25) is 0 Å². The molecule has 90 valence electrons. The topological polar surface area (TPSA) is 12.5 Å². The van der Waals surface area contributed by atoms with E-state index in [0.717, 1.165) is 18.8 Å². The van der Waals surface area contributed by atoms with Crippen molar-refractivity contribution in [1.29, 1.82) is 0 Å². The van der Waals surface area contributed by atoms with E-state index in [1.54, 1.807) is 0 Å². The summed E-state index contributed by atoms with van der Waals surface area (Å²) >= 11 is 11.8. The maximum atomic E-state index is 6.10. The van der Waals surface area contributed by atoms with Crippen LogP contribution in [0.3, 0.4) is 0 Å². The number of hydrogen-bond acceptors (Lipinski definition) is 2. The van der Waals surface area contributed by atoms with Crippen molar-refractivity contribution < 1.29 is 4.74 Å². The van der Waals surface area contributed by atoms with Gasteiger partial charge in [-0.3, -0.25) is 0 Å². The first-order chi connectivity index (χ1) is 7.67. The van der Waals surface area contributed by atoms with Gasteiger partial charge in [-0.1, -0.05) is 17.7 Å². The van der Waals surface area contributed by atoms with Gasteiger partial charge in [-0.25, -0.2) is 0 Å². The van der Waals surface area contributed by atoms with Gasteiger partial charge in [0, 0.05) is 19.0 Å². The molecule has 1 aromatic rings. The molecule has 2 nitrogen and oxygen atoms in total. The Balaban J connectivity index is 2.65. The van der Waals surface area contributed by atoms with Crippen LogP contribution in [0.4, 0.5) is 0 Å². The van der Waals surface area contributed by atoms with E-state index in [-0.39, 0.29) is 0 Å². The molecule has 16 heavy (non-hydrogen) atoms. The lowest BCUT2D eigenvalue weighted by molar-refractivity contribution is 0.337. The highest BCUT2D eigenvalue weighted by atomic mass is 35.5. The smallest absolute Gasteiger partial charge is 0.137 e. The van der Waals surface area contributed by atoms with E-state index < -0.39 is 0 Å². The van der Waals surface area contributed by atoms with Crippen LogP contribution >= 0.6 is 23.2 Å². The Bertz CT molecular complexity index is 331.